The zero-order valence-corrected chi connectivity index (χ0v) is 18.1. The van der Waals surface area contributed by atoms with Crippen LogP contribution in [0.2, 0.25) is 0 Å². The maximum absolute atomic E-state index is 3.74. The molecule has 32 heavy (non-hydrogen) atoms. The van der Waals surface area contributed by atoms with E-state index in [1.807, 2.05) is 11.3 Å². The number of H-pyrrole nitrogens is 1. The molecule has 1 nitrogen and oxygen atoms in total. The Kier molecular flexibility index (Phi) is 3.78. The molecule has 7 rings (SSSR count). The summed E-state index contributed by atoms with van der Waals surface area (Å²) in [4.78, 5) is 3.74. The lowest BCUT2D eigenvalue weighted by atomic mass is 9.99. The van der Waals surface area contributed by atoms with E-state index in [1.54, 1.807) is 0 Å². The molecule has 0 saturated heterocycles. The monoisotopic (exact) mass is 425 g/mol. The highest BCUT2D eigenvalue weighted by Crippen LogP contribution is 2.40. The first-order valence-electron chi connectivity index (χ1n) is 10.9. The Morgan fingerprint density at radius 3 is 1.94 bits per heavy atom. The van der Waals surface area contributed by atoms with Gasteiger partial charge in [-0.3, -0.25) is 0 Å². The highest BCUT2D eigenvalue weighted by Gasteiger charge is 2.12. The van der Waals surface area contributed by atoms with E-state index in [0.29, 0.717) is 0 Å². The second-order valence-corrected chi connectivity index (χ2v) is 9.34. The van der Waals surface area contributed by atoms with Crippen LogP contribution in [-0.4, -0.2) is 4.98 Å². The van der Waals surface area contributed by atoms with E-state index in [9.17, 15) is 0 Å². The van der Waals surface area contributed by atoms with Crippen molar-refractivity contribution >= 4 is 53.3 Å². The van der Waals surface area contributed by atoms with Crippen LogP contribution in [0.3, 0.4) is 0 Å². The van der Waals surface area contributed by atoms with Gasteiger partial charge < -0.3 is 4.98 Å². The molecule has 0 fully saturated rings. The van der Waals surface area contributed by atoms with Crippen molar-refractivity contribution in [2.24, 2.45) is 0 Å². The van der Waals surface area contributed by atoms with Gasteiger partial charge in [-0.1, -0.05) is 97.1 Å². The second kappa shape index (κ2) is 6.81. The maximum atomic E-state index is 3.74. The number of benzene rings is 5. The van der Waals surface area contributed by atoms with Crippen LogP contribution in [0.25, 0.3) is 64.2 Å². The van der Waals surface area contributed by atoms with Gasteiger partial charge in [0.05, 0.1) is 10.2 Å². The average molecular weight is 426 g/mol. The molecule has 2 heterocycles. The topological polar surface area (TPSA) is 15.8 Å². The standard InChI is InChI=1S/C30H19NS/c1-2-6-19(7-3-1)20-10-12-21(13-11-20)22-14-15-23-25-16-17-26-24-8-4-5-9-28(24)32-30(26)29(25)31-27(23)18-22/h1-18,31H. The van der Waals surface area contributed by atoms with Gasteiger partial charge in [-0.05, 0) is 34.4 Å². The molecule has 1 N–H and O–H groups in total. The number of hydrogen-bond acceptors (Lipinski definition) is 1. The highest BCUT2D eigenvalue weighted by atomic mass is 32.1. The minimum atomic E-state index is 1.19. The van der Waals surface area contributed by atoms with Crippen molar-refractivity contribution in [2.45, 2.75) is 0 Å². The lowest BCUT2D eigenvalue weighted by Crippen LogP contribution is -1.80. The van der Waals surface area contributed by atoms with Gasteiger partial charge in [0.15, 0.2) is 0 Å². The van der Waals surface area contributed by atoms with Crippen LogP contribution in [0.15, 0.2) is 109 Å². The summed E-state index contributed by atoms with van der Waals surface area (Å²) in [6, 6.07) is 39.4. The molecule has 0 aliphatic carbocycles. The molecule has 0 saturated carbocycles. The molecule has 150 valence electrons. The Morgan fingerprint density at radius 2 is 1.09 bits per heavy atom. The first-order valence-corrected chi connectivity index (χ1v) is 11.7. The van der Waals surface area contributed by atoms with Crippen LogP contribution in [0.4, 0.5) is 0 Å². The summed E-state index contributed by atoms with van der Waals surface area (Å²) in [5.74, 6) is 0. The normalized spacial score (nSPS) is 11.8. The Labute approximate surface area is 189 Å². The van der Waals surface area contributed by atoms with E-state index >= 15 is 0 Å². The summed E-state index contributed by atoms with van der Waals surface area (Å²) < 4.78 is 2.68. The number of fused-ring (bicyclic) bond motifs is 7. The van der Waals surface area contributed by atoms with E-state index in [1.165, 1.54) is 64.2 Å². The van der Waals surface area contributed by atoms with Gasteiger partial charge in [-0.2, -0.15) is 0 Å². The minimum absolute atomic E-state index is 1.19. The van der Waals surface area contributed by atoms with Gasteiger partial charge in [-0.25, -0.2) is 0 Å². The van der Waals surface area contributed by atoms with Crippen LogP contribution < -0.4 is 0 Å². The third-order valence-corrected chi connectivity index (χ3v) is 7.65. The summed E-state index contributed by atoms with van der Waals surface area (Å²) in [7, 11) is 0. The van der Waals surface area contributed by atoms with Crippen molar-refractivity contribution in [3.63, 3.8) is 0 Å². The predicted octanol–water partition coefficient (Wildman–Crippen LogP) is 9.02. The first kappa shape index (κ1) is 17.8. The molecule has 7 aromatic rings. The molecule has 2 heteroatoms. The van der Waals surface area contributed by atoms with Crippen LogP contribution in [-0.2, 0) is 0 Å². The first-order chi connectivity index (χ1) is 15.8. The quantitative estimate of drug-likeness (QED) is 0.284. The van der Waals surface area contributed by atoms with Gasteiger partial charge in [0.1, 0.15) is 0 Å². The lowest BCUT2D eigenvalue weighted by molar-refractivity contribution is 1.56. The van der Waals surface area contributed by atoms with Gasteiger partial charge >= 0.3 is 0 Å². The molecule has 0 spiro atoms. The number of hydrogen-bond donors (Lipinski definition) is 1. The average Bonchev–Trinajstić information content (AvgIpc) is 3.42. The molecule has 0 aliphatic rings. The third kappa shape index (κ3) is 2.63. The van der Waals surface area contributed by atoms with Crippen molar-refractivity contribution < 1.29 is 0 Å². The van der Waals surface area contributed by atoms with Gasteiger partial charge in [0.25, 0.3) is 0 Å². The Balaban J connectivity index is 1.37. The van der Waals surface area contributed by atoms with Crippen LogP contribution >= 0.6 is 11.3 Å². The van der Waals surface area contributed by atoms with Crippen molar-refractivity contribution in [2.75, 3.05) is 0 Å². The SMILES string of the molecule is c1ccc(-c2ccc(-c3ccc4c(c3)[nH]c3c4ccc4c5ccccc5sc43)cc2)cc1. The number of thiophene rings is 1. The fourth-order valence-electron chi connectivity index (χ4n) is 4.82. The molecule has 0 atom stereocenters. The third-order valence-electron chi connectivity index (χ3n) is 6.44. The lowest BCUT2D eigenvalue weighted by Gasteiger charge is -2.05. The molecule has 0 bridgehead atoms. The molecular weight excluding hydrogens is 406 g/mol. The maximum Gasteiger partial charge on any atom is 0.0646 e. The molecule has 0 radical (unpaired) electrons. The zero-order chi connectivity index (χ0) is 21.1. The van der Waals surface area contributed by atoms with E-state index in [-0.39, 0.29) is 0 Å². The van der Waals surface area contributed by atoms with E-state index < -0.39 is 0 Å². The van der Waals surface area contributed by atoms with Crippen molar-refractivity contribution in [3.8, 4) is 22.3 Å². The Bertz CT molecular complexity index is 1750. The smallest absolute Gasteiger partial charge is 0.0646 e. The highest BCUT2D eigenvalue weighted by molar-refractivity contribution is 7.26. The van der Waals surface area contributed by atoms with E-state index in [2.05, 4.69) is 114 Å². The van der Waals surface area contributed by atoms with Crippen molar-refractivity contribution in [1.82, 2.24) is 4.98 Å². The molecule has 0 unspecified atom stereocenters. The summed E-state index contributed by atoms with van der Waals surface area (Å²) in [6.45, 7) is 0. The van der Waals surface area contributed by atoms with Gasteiger partial charge in [-0.15, -0.1) is 11.3 Å². The molecular formula is C30H19NS. The minimum Gasteiger partial charge on any atom is -0.353 e. The van der Waals surface area contributed by atoms with Crippen LogP contribution in [0, 0.1) is 0 Å². The van der Waals surface area contributed by atoms with Crippen molar-refractivity contribution in [1.29, 1.82) is 0 Å². The van der Waals surface area contributed by atoms with E-state index in [0.717, 1.165) is 0 Å². The van der Waals surface area contributed by atoms with Crippen molar-refractivity contribution in [3.05, 3.63) is 109 Å². The van der Waals surface area contributed by atoms with Gasteiger partial charge in [0, 0.05) is 31.8 Å². The molecule has 0 aliphatic heterocycles. The number of aromatic nitrogens is 1. The fourth-order valence-corrected chi connectivity index (χ4v) is 6.03. The summed E-state index contributed by atoms with van der Waals surface area (Å²) in [6.07, 6.45) is 0. The largest absolute Gasteiger partial charge is 0.353 e. The van der Waals surface area contributed by atoms with E-state index in [4.69, 9.17) is 0 Å². The molecule has 2 aromatic heterocycles. The number of nitrogens with one attached hydrogen (secondary N) is 1. The predicted molar refractivity (Wildman–Crippen MR) is 140 cm³/mol. The summed E-state index contributed by atoms with van der Waals surface area (Å²) in [5.41, 5.74) is 7.39. The second-order valence-electron chi connectivity index (χ2n) is 8.29. The summed E-state index contributed by atoms with van der Waals surface area (Å²) >= 11 is 1.88. The van der Waals surface area contributed by atoms with Gasteiger partial charge in [0.2, 0.25) is 0 Å². The molecule has 5 aromatic carbocycles. The number of rotatable bonds is 2. The van der Waals surface area contributed by atoms with Crippen LogP contribution in [0.5, 0.6) is 0 Å². The van der Waals surface area contributed by atoms with Crippen LogP contribution in [0.1, 0.15) is 0 Å². The Hall–Kier alpha value is -3.88. The molecule has 0 amide bonds. The number of aromatic amines is 1. The summed E-state index contributed by atoms with van der Waals surface area (Å²) in [5, 5.41) is 5.25. The fraction of sp³-hybridized carbons (Fsp3) is 0. The zero-order valence-electron chi connectivity index (χ0n) is 17.3. The Morgan fingerprint density at radius 1 is 0.469 bits per heavy atom.